The highest BCUT2D eigenvalue weighted by Crippen LogP contribution is 2.32. The van der Waals surface area contributed by atoms with Gasteiger partial charge in [0.25, 0.3) is 0 Å². The molecule has 0 fully saturated rings. The van der Waals surface area contributed by atoms with Crippen LogP contribution >= 0.6 is 11.6 Å². The molecule has 0 saturated carbocycles. The van der Waals surface area contributed by atoms with Crippen LogP contribution in [0.3, 0.4) is 0 Å². The summed E-state index contributed by atoms with van der Waals surface area (Å²) in [6.45, 7) is 4.56. The molecule has 1 aromatic carbocycles. The summed E-state index contributed by atoms with van der Waals surface area (Å²) in [6.07, 6.45) is 0. The molecule has 2 rings (SSSR count). The van der Waals surface area contributed by atoms with Crippen molar-refractivity contribution in [1.29, 1.82) is 0 Å². The number of nitrogens with two attached hydrogens (primary N) is 1. The maximum Gasteiger partial charge on any atom is 0.120 e. The molecule has 0 atom stereocenters. The van der Waals surface area contributed by atoms with Crippen molar-refractivity contribution in [3.8, 4) is 17.0 Å². The average molecular weight is 280 g/mol. The smallest absolute Gasteiger partial charge is 0.120 e. The Morgan fingerprint density at radius 1 is 1.42 bits per heavy atom. The van der Waals surface area contributed by atoms with Gasteiger partial charge in [-0.3, -0.25) is 0 Å². The number of methoxy groups -OCH3 is 1. The molecule has 0 bridgehead atoms. The molecular formula is C14H18ClN3O. The third-order valence-electron chi connectivity index (χ3n) is 2.98. The maximum absolute atomic E-state index is 6.29. The molecule has 0 unspecified atom stereocenters. The van der Waals surface area contributed by atoms with E-state index in [1.807, 2.05) is 12.1 Å². The van der Waals surface area contributed by atoms with Gasteiger partial charge < -0.3 is 15.5 Å². The Balaban J connectivity index is 2.51. The lowest BCUT2D eigenvalue weighted by Gasteiger charge is -2.06. The lowest BCUT2D eigenvalue weighted by molar-refractivity contribution is 0.415. The van der Waals surface area contributed by atoms with Crippen LogP contribution in [-0.2, 0) is 6.54 Å². The summed E-state index contributed by atoms with van der Waals surface area (Å²) in [7, 11) is 1.61. The van der Waals surface area contributed by atoms with Crippen LogP contribution in [0.25, 0.3) is 11.3 Å². The van der Waals surface area contributed by atoms with Crippen molar-refractivity contribution < 1.29 is 4.74 Å². The van der Waals surface area contributed by atoms with Crippen LogP contribution in [0.1, 0.15) is 31.3 Å². The van der Waals surface area contributed by atoms with E-state index in [1.165, 1.54) is 0 Å². The van der Waals surface area contributed by atoms with Gasteiger partial charge in [-0.25, -0.2) is 4.98 Å². The van der Waals surface area contributed by atoms with Crippen molar-refractivity contribution >= 4 is 11.6 Å². The minimum Gasteiger partial charge on any atom is -0.497 e. The van der Waals surface area contributed by atoms with E-state index in [9.17, 15) is 0 Å². The van der Waals surface area contributed by atoms with Gasteiger partial charge in [-0.15, -0.1) is 0 Å². The highest BCUT2D eigenvalue weighted by atomic mass is 35.5. The molecule has 0 saturated heterocycles. The molecule has 102 valence electrons. The molecule has 1 aromatic heterocycles. The predicted molar refractivity (Wildman–Crippen MR) is 77.6 cm³/mol. The number of benzene rings is 1. The van der Waals surface area contributed by atoms with Crippen molar-refractivity contribution in [2.24, 2.45) is 5.73 Å². The minimum absolute atomic E-state index is 0.316. The van der Waals surface area contributed by atoms with Gasteiger partial charge in [-0.05, 0) is 18.2 Å². The van der Waals surface area contributed by atoms with Crippen molar-refractivity contribution in [3.05, 3.63) is 34.7 Å². The molecule has 0 radical (unpaired) electrons. The summed E-state index contributed by atoms with van der Waals surface area (Å²) in [5, 5.41) is 0.607. The lowest BCUT2D eigenvalue weighted by atomic mass is 10.1. The maximum atomic E-state index is 6.29. The van der Waals surface area contributed by atoms with Crippen molar-refractivity contribution in [1.82, 2.24) is 9.97 Å². The zero-order valence-electron chi connectivity index (χ0n) is 11.3. The van der Waals surface area contributed by atoms with Crippen LogP contribution in [0.15, 0.2) is 18.2 Å². The SMILES string of the molecule is COc1ccc(-c2nc(C(C)C)[nH]c2CN)c(Cl)c1. The lowest BCUT2D eigenvalue weighted by Crippen LogP contribution is -1.99. The zero-order valence-corrected chi connectivity index (χ0v) is 12.1. The van der Waals surface area contributed by atoms with Gasteiger partial charge in [0.1, 0.15) is 11.6 Å². The van der Waals surface area contributed by atoms with Crippen molar-refractivity contribution in [2.45, 2.75) is 26.3 Å². The van der Waals surface area contributed by atoms with E-state index in [0.717, 1.165) is 28.5 Å². The fraction of sp³-hybridized carbons (Fsp3) is 0.357. The molecular weight excluding hydrogens is 262 g/mol. The number of hydrogen-bond acceptors (Lipinski definition) is 3. The normalized spacial score (nSPS) is 11.1. The van der Waals surface area contributed by atoms with Gasteiger partial charge in [-0.2, -0.15) is 0 Å². The largest absolute Gasteiger partial charge is 0.497 e. The number of rotatable bonds is 4. The molecule has 3 N–H and O–H groups in total. The van der Waals surface area contributed by atoms with Crippen LogP contribution in [-0.4, -0.2) is 17.1 Å². The van der Waals surface area contributed by atoms with E-state index in [-0.39, 0.29) is 0 Å². The van der Waals surface area contributed by atoms with E-state index in [4.69, 9.17) is 22.1 Å². The van der Waals surface area contributed by atoms with Crippen LogP contribution in [0.2, 0.25) is 5.02 Å². The number of aromatic nitrogens is 2. The van der Waals surface area contributed by atoms with Crippen LogP contribution in [0.5, 0.6) is 5.75 Å². The van der Waals surface area contributed by atoms with E-state index in [2.05, 4.69) is 23.8 Å². The van der Waals surface area contributed by atoms with Gasteiger partial charge in [0.2, 0.25) is 0 Å². The third kappa shape index (κ3) is 2.74. The number of aromatic amines is 1. The third-order valence-corrected chi connectivity index (χ3v) is 3.29. The first-order valence-corrected chi connectivity index (χ1v) is 6.57. The molecule has 0 spiro atoms. The molecule has 2 aromatic rings. The fourth-order valence-corrected chi connectivity index (χ4v) is 2.15. The monoisotopic (exact) mass is 279 g/mol. The number of nitrogens with one attached hydrogen (secondary N) is 1. The Morgan fingerprint density at radius 2 is 2.16 bits per heavy atom. The summed E-state index contributed by atoms with van der Waals surface area (Å²) in [6, 6.07) is 5.55. The topological polar surface area (TPSA) is 63.9 Å². The molecule has 19 heavy (non-hydrogen) atoms. The highest BCUT2D eigenvalue weighted by Gasteiger charge is 2.15. The number of nitrogens with zero attached hydrogens (tertiary/aromatic N) is 1. The van der Waals surface area contributed by atoms with E-state index in [0.29, 0.717) is 17.5 Å². The number of hydrogen-bond donors (Lipinski definition) is 2. The molecule has 1 heterocycles. The first-order valence-electron chi connectivity index (χ1n) is 6.19. The second kappa shape index (κ2) is 5.63. The number of ether oxygens (including phenoxy) is 1. The summed E-state index contributed by atoms with van der Waals surface area (Å²) < 4.78 is 5.15. The van der Waals surface area contributed by atoms with Gasteiger partial charge in [0.05, 0.1) is 23.5 Å². The van der Waals surface area contributed by atoms with Gasteiger partial charge in [-0.1, -0.05) is 25.4 Å². The number of imidazole rings is 1. The standard InChI is InChI=1S/C14H18ClN3O/c1-8(2)14-17-12(7-16)13(18-14)10-5-4-9(19-3)6-11(10)15/h4-6,8H,7,16H2,1-3H3,(H,17,18). The average Bonchev–Trinajstić information content (AvgIpc) is 2.82. The second-order valence-electron chi connectivity index (χ2n) is 4.65. The Morgan fingerprint density at radius 3 is 2.68 bits per heavy atom. The Labute approximate surface area is 117 Å². The summed E-state index contributed by atoms with van der Waals surface area (Å²) >= 11 is 6.29. The summed E-state index contributed by atoms with van der Waals surface area (Å²) in [4.78, 5) is 7.87. The molecule has 0 aliphatic carbocycles. The van der Waals surface area contributed by atoms with Crippen LogP contribution in [0.4, 0.5) is 0 Å². The second-order valence-corrected chi connectivity index (χ2v) is 5.06. The van der Waals surface area contributed by atoms with Crippen LogP contribution < -0.4 is 10.5 Å². The van der Waals surface area contributed by atoms with Crippen molar-refractivity contribution in [2.75, 3.05) is 7.11 Å². The van der Waals surface area contributed by atoms with Gasteiger partial charge in [0.15, 0.2) is 0 Å². The molecule has 0 aliphatic heterocycles. The minimum atomic E-state index is 0.316. The zero-order chi connectivity index (χ0) is 14.0. The highest BCUT2D eigenvalue weighted by molar-refractivity contribution is 6.33. The molecule has 4 nitrogen and oxygen atoms in total. The van der Waals surface area contributed by atoms with Crippen LogP contribution in [0, 0.1) is 0 Å². The predicted octanol–water partition coefficient (Wildman–Crippen LogP) is 3.32. The first-order chi connectivity index (χ1) is 9.06. The molecule has 0 amide bonds. The Bertz CT molecular complexity index is 578. The number of H-pyrrole nitrogens is 1. The quantitative estimate of drug-likeness (QED) is 0.902. The Kier molecular flexibility index (Phi) is 4.12. The molecule has 5 heteroatoms. The van der Waals surface area contributed by atoms with Crippen molar-refractivity contribution in [3.63, 3.8) is 0 Å². The molecule has 0 aliphatic rings. The first kappa shape index (κ1) is 13.9. The van der Waals surface area contributed by atoms with Gasteiger partial charge >= 0.3 is 0 Å². The van der Waals surface area contributed by atoms with E-state index < -0.39 is 0 Å². The van der Waals surface area contributed by atoms with E-state index >= 15 is 0 Å². The Hall–Kier alpha value is -1.52. The van der Waals surface area contributed by atoms with E-state index in [1.54, 1.807) is 13.2 Å². The number of halogens is 1. The summed E-state index contributed by atoms with van der Waals surface area (Å²) in [5.74, 6) is 1.96. The van der Waals surface area contributed by atoms with Gasteiger partial charge in [0, 0.05) is 18.0 Å². The summed E-state index contributed by atoms with van der Waals surface area (Å²) in [5.41, 5.74) is 8.35. The fourth-order valence-electron chi connectivity index (χ4n) is 1.89.